The Morgan fingerprint density at radius 2 is 1.68 bits per heavy atom. The van der Waals surface area contributed by atoms with E-state index in [1.807, 2.05) is 60.7 Å². The molecule has 1 aromatic heterocycles. The zero-order chi connectivity index (χ0) is 21.8. The molecule has 4 rings (SSSR count). The predicted molar refractivity (Wildman–Crippen MR) is 111 cm³/mol. The van der Waals surface area contributed by atoms with Gasteiger partial charge in [0.05, 0.1) is 23.8 Å². The van der Waals surface area contributed by atoms with E-state index in [-0.39, 0.29) is 17.3 Å². The molecule has 0 amide bonds. The van der Waals surface area contributed by atoms with Gasteiger partial charge in [-0.05, 0) is 24.3 Å². The summed E-state index contributed by atoms with van der Waals surface area (Å²) in [4.78, 5) is 27.8. The molecule has 0 fully saturated rings. The second kappa shape index (κ2) is 8.46. The molecule has 154 valence electrons. The van der Waals surface area contributed by atoms with Gasteiger partial charge in [0, 0.05) is 5.56 Å². The van der Waals surface area contributed by atoms with Gasteiger partial charge in [0.15, 0.2) is 5.82 Å². The van der Waals surface area contributed by atoms with Crippen molar-refractivity contribution >= 4 is 11.7 Å². The van der Waals surface area contributed by atoms with E-state index in [9.17, 15) is 14.9 Å². The number of nitrogens with zero attached hydrogens (tertiary/aromatic N) is 4. The average Bonchev–Trinajstić information content (AvgIpc) is 3.26. The van der Waals surface area contributed by atoms with E-state index in [1.165, 1.54) is 30.0 Å². The van der Waals surface area contributed by atoms with Crippen LogP contribution >= 0.6 is 0 Å². The van der Waals surface area contributed by atoms with E-state index in [4.69, 9.17) is 9.47 Å². The summed E-state index contributed by atoms with van der Waals surface area (Å²) in [5.41, 5.74) is 1.04. The zero-order valence-electron chi connectivity index (χ0n) is 16.3. The van der Waals surface area contributed by atoms with Crippen LogP contribution in [0, 0.1) is 10.1 Å². The topological polar surface area (TPSA) is 109 Å². The van der Waals surface area contributed by atoms with Gasteiger partial charge in [-0.25, -0.2) is 14.5 Å². The molecule has 0 unspecified atom stereocenters. The molecule has 0 spiro atoms. The zero-order valence-corrected chi connectivity index (χ0v) is 16.3. The highest BCUT2D eigenvalue weighted by atomic mass is 16.6. The van der Waals surface area contributed by atoms with Crippen LogP contribution in [0.4, 0.5) is 5.69 Å². The second-order valence-corrected chi connectivity index (χ2v) is 6.35. The van der Waals surface area contributed by atoms with Crippen LogP contribution in [0.2, 0.25) is 0 Å². The summed E-state index contributed by atoms with van der Waals surface area (Å²) in [5, 5.41) is 15.7. The maximum atomic E-state index is 12.8. The molecule has 0 N–H and O–H groups in total. The Labute approximate surface area is 176 Å². The highest BCUT2D eigenvalue weighted by Crippen LogP contribution is 2.31. The smallest absolute Gasteiger partial charge is 0.383 e. The predicted octanol–water partition coefficient (Wildman–Crippen LogP) is 4.07. The third-order valence-corrected chi connectivity index (χ3v) is 4.39. The van der Waals surface area contributed by atoms with Crippen molar-refractivity contribution in [3.8, 4) is 28.6 Å². The summed E-state index contributed by atoms with van der Waals surface area (Å²) in [5.74, 6) is -0.673. The number of nitro benzene ring substituents is 1. The minimum absolute atomic E-state index is 0.229. The molecular weight excluding hydrogens is 400 g/mol. The summed E-state index contributed by atoms with van der Waals surface area (Å²) >= 11 is 0. The second-order valence-electron chi connectivity index (χ2n) is 6.35. The summed E-state index contributed by atoms with van der Waals surface area (Å²) < 4.78 is 11.8. The molecule has 0 bridgehead atoms. The van der Waals surface area contributed by atoms with Crippen molar-refractivity contribution in [3.63, 3.8) is 0 Å². The van der Waals surface area contributed by atoms with Crippen LogP contribution in [0.3, 0.4) is 0 Å². The van der Waals surface area contributed by atoms with E-state index in [0.29, 0.717) is 11.5 Å². The minimum Gasteiger partial charge on any atom is -0.496 e. The molecule has 0 saturated carbocycles. The first kappa shape index (κ1) is 19.8. The maximum absolute atomic E-state index is 12.8. The number of rotatable bonds is 6. The quantitative estimate of drug-likeness (QED) is 0.202. The van der Waals surface area contributed by atoms with Gasteiger partial charge in [0.2, 0.25) is 5.75 Å². The molecule has 1 heterocycles. The number of methoxy groups -OCH3 is 1. The summed E-state index contributed by atoms with van der Waals surface area (Å²) in [6.07, 6.45) is 0. The van der Waals surface area contributed by atoms with E-state index < -0.39 is 16.6 Å². The van der Waals surface area contributed by atoms with Crippen LogP contribution in [0.15, 0.2) is 78.9 Å². The normalized spacial score (nSPS) is 10.5. The lowest BCUT2D eigenvalue weighted by Gasteiger charge is -2.05. The largest absolute Gasteiger partial charge is 0.496 e. The molecule has 0 saturated heterocycles. The van der Waals surface area contributed by atoms with E-state index in [2.05, 4.69) is 10.1 Å². The molecule has 0 aliphatic rings. The number of para-hydroxylation sites is 1. The van der Waals surface area contributed by atoms with E-state index >= 15 is 0 Å². The van der Waals surface area contributed by atoms with Crippen LogP contribution in [0.5, 0.6) is 11.5 Å². The van der Waals surface area contributed by atoms with Gasteiger partial charge < -0.3 is 9.47 Å². The van der Waals surface area contributed by atoms with Gasteiger partial charge in [-0.15, -0.1) is 5.10 Å². The fourth-order valence-electron chi connectivity index (χ4n) is 2.92. The maximum Gasteiger partial charge on any atom is 0.383 e. The SMILES string of the molecule is COc1ccc(OC(=O)c2nc(-c3ccccc3)n(-c3ccccc3)n2)c([N+](=O)[O-])c1. The van der Waals surface area contributed by atoms with Crippen LogP contribution in [0.1, 0.15) is 10.6 Å². The Hall–Kier alpha value is -4.53. The number of carbonyl (C=O) groups is 1. The fourth-order valence-corrected chi connectivity index (χ4v) is 2.92. The molecule has 0 aliphatic heterocycles. The van der Waals surface area contributed by atoms with E-state index in [1.54, 1.807) is 0 Å². The molecule has 9 nitrogen and oxygen atoms in total. The number of ether oxygens (including phenoxy) is 2. The van der Waals surface area contributed by atoms with E-state index in [0.717, 1.165) is 5.56 Å². The molecular formula is C22H16N4O5. The van der Waals surface area contributed by atoms with Crippen molar-refractivity contribution in [1.82, 2.24) is 14.8 Å². The highest BCUT2D eigenvalue weighted by Gasteiger charge is 2.24. The van der Waals surface area contributed by atoms with Crippen molar-refractivity contribution in [2.45, 2.75) is 0 Å². The summed E-state index contributed by atoms with van der Waals surface area (Å²) in [6, 6.07) is 22.3. The molecule has 3 aromatic carbocycles. The van der Waals surface area contributed by atoms with Crippen LogP contribution in [0.25, 0.3) is 17.1 Å². The van der Waals surface area contributed by atoms with Crippen LogP contribution < -0.4 is 9.47 Å². The highest BCUT2D eigenvalue weighted by molar-refractivity contribution is 5.88. The Balaban J connectivity index is 1.73. The molecule has 0 radical (unpaired) electrons. The summed E-state index contributed by atoms with van der Waals surface area (Å²) in [7, 11) is 1.38. The van der Waals surface area contributed by atoms with Gasteiger partial charge in [0.1, 0.15) is 5.75 Å². The lowest BCUT2D eigenvalue weighted by Crippen LogP contribution is -2.12. The van der Waals surface area contributed by atoms with Gasteiger partial charge in [-0.1, -0.05) is 48.5 Å². The standard InChI is InChI=1S/C22H16N4O5/c1-30-17-12-13-19(18(14-17)26(28)29)31-22(27)20-23-21(15-8-4-2-5-9-15)25(24-20)16-10-6-3-7-11-16/h2-14H,1H3. The minimum atomic E-state index is -0.917. The number of hydrogen-bond donors (Lipinski definition) is 0. The third kappa shape index (κ3) is 4.10. The van der Waals surface area contributed by atoms with Gasteiger partial charge >= 0.3 is 11.7 Å². The fraction of sp³-hybridized carbons (Fsp3) is 0.0455. The third-order valence-electron chi connectivity index (χ3n) is 4.39. The van der Waals surface area contributed by atoms with Crippen molar-refractivity contribution < 1.29 is 19.2 Å². The Kier molecular flexibility index (Phi) is 5.39. The number of benzene rings is 3. The number of esters is 1. The Morgan fingerprint density at radius 3 is 2.32 bits per heavy atom. The van der Waals surface area contributed by atoms with Crippen molar-refractivity contribution in [2.75, 3.05) is 7.11 Å². The number of hydrogen-bond acceptors (Lipinski definition) is 7. The average molecular weight is 416 g/mol. The lowest BCUT2D eigenvalue weighted by molar-refractivity contribution is -0.385. The van der Waals surface area contributed by atoms with Crippen molar-refractivity contribution in [1.29, 1.82) is 0 Å². The molecule has 0 aliphatic carbocycles. The Bertz CT molecular complexity index is 1180. The van der Waals surface area contributed by atoms with Crippen molar-refractivity contribution in [3.05, 3.63) is 94.8 Å². The van der Waals surface area contributed by atoms with Gasteiger partial charge in [-0.2, -0.15) is 0 Å². The van der Waals surface area contributed by atoms with Gasteiger partial charge in [-0.3, -0.25) is 10.1 Å². The first-order chi connectivity index (χ1) is 15.1. The molecule has 9 heteroatoms. The van der Waals surface area contributed by atoms with Crippen molar-refractivity contribution in [2.24, 2.45) is 0 Å². The van der Waals surface area contributed by atoms with Crippen LogP contribution in [-0.2, 0) is 0 Å². The number of aromatic nitrogens is 3. The van der Waals surface area contributed by atoms with Crippen LogP contribution in [-0.4, -0.2) is 32.8 Å². The first-order valence-electron chi connectivity index (χ1n) is 9.19. The molecule has 0 atom stereocenters. The molecule has 4 aromatic rings. The number of carbonyl (C=O) groups excluding carboxylic acids is 1. The monoisotopic (exact) mass is 416 g/mol. The molecule has 31 heavy (non-hydrogen) atoms. The lowest BCUT2D eigenvalue weighted by atomic mass is 10.2. The number of nitro groups is 1. The summed E-state index contributed by atoms with van der Waals surface area (Å²) in [6.45, 7) is 0. The first-order valence-corrected chi connectivity index (χ1v) is 9.19. The Morgan fingerprint density at radius 1 is 1.00 bits per heavy atom. The van der Waals surface area contributed by atoms with Gasteiger partial charge in [0.25, 0.3) is 5.82 Å².